The maximum atomic E-state index is 13.2. The molecule has 1 saturated heterocycles. The highest BCUT2D eigenvalue weighted by Crippen LogP contribution is 2.42. The number of aliphatic hydroxyl groups excluding tert-OH is 1. The SMILES string of the molecule is COc1c(Cl)cc(/C(O)=C2\C(=O)C(=O)N(Cc3cccc(C(F)(F)F)c3)C2c2ccccc2)cc1Cl. The van der Waals surface area contributed by atoms with Gasteiger partial charge in [0.1, 0.15) is 5.76 Å². The van der Waals surface area contributed by atoms with Crippen LogP contribution in [0, 0.1) is 0 Å². The number of aliphatic hydroxyl groups is 1. The molecule has 0 aromatic heterocycles. The van der Waals surface area contributed by atoms with Gasteiger partial charge < -0.3 is 14.7 Å². The first kappa shape index (κ1) is 25.6. The molecule has 5 nitrogen and oxygen atoms in total. The minimum atomic E-state index is -4.57. The summed E-state index contributed by atoms with van der Waals surface area (Å²) in [5, 5.41) is 11.3. The van der Waals surface area contributed by atoms with Crippen molar-refractivity contribution in [2.75, 3.05) is 7.11 Å². The molecule has 1 heterocycles. The summed E-state index contributed by atoms with van der Waals surface area (Å²) in [6.45, 7) is -0.297. The summed E-state index contributed by atoms with van der Waals surface area (Å²) in [4.78, 5) is 27.4. The van der Waals surface area contributed by atoms with Gasteiger partial charge in [0.25, 0.3) is 11.7 Å². The highest BCUT2D eigenvalue weighted by Gasteiger charge is 2.46. The van der Waals surface area contributed by atoms with Crippen molar-refractivity contribution in [3.8, 4) is 5.75 Å². The number of amides is 1. The zero-order valence-electron chi connectivity index (χ0n) is 18.6. The number of ether oxygens (including phenoxy) is 1. The van der Waals surface area contributed by atoms with Crippen molar-refractivity contribution in [2.24, 2.45) is 0 Å². The number of alkyl halides is 3. The molecule has 0 radical (unpaired) electrons. The predicted molar refractivity (Wildman–Crippen MR) is 129 cm³/mol. The van der Waals surface area contributed by atoms with Crippen molar-refractivity contribution >= 4 is 40.7 Å². The number of ketones is 1. The summed E-state index contributed by atoms with van der Waals surface area (Å²) in [6, 6.07) is 14.5. The number of nitrogens with zero attached hydrogens (tertiary/aromatic N) is 1. The van der Waals surface area contributed by atoms with Gasteiger partial charge in [0.05, 0.1) is 34.3 Å². The van der Waals surface area contributed by atoms with Crippen molar-refractivity contribution in [3.63, 3.8) is 0 Å². The van der Waals surface area contributed by atoms with Gasteiger partial charge in [-0.2, -0.15) is 13.2 Å². The standard InChI is InChI=1S/C26H18Cl2F3NO4/c1-36-24-18(27)11-16(12-19(24)28)22(33)20-21(15-7-3-2-4-8-15)32(25(35)23(20)34)13-14-6-5-9-17(10-14)26(29,30)31/h2-12,21,33H,13H2,1H3/b22-20+. The monoisotopic (exact) mass is 535 g/mol. The molecular weight excluding hydrogens is 518 g/mol. The van der Waals surface area contributed by atoms with Crippen LogP contribution < -0.4 is 4.74 Å². The summed E-state index contributed by atoms with van der Waals surface area (Å²) in [5.74, 6) is -2.32. The van der Waals surface area contributed by atoms with Crippen LogP contribution in [0.4, 0.5) is 13.2 Å². The Morgan fingerprint density at radius 2 is 1.64 bits per heavy atom. The fraction of sp³-hybridized carbons (Fsp3) is 0.154. The Morgan fingerprint density at radius 1 is 1.00 bits per heavy atom. The molecule has 1 amide bonds. The number of benzene rings is 3. The van der Waals surface area contributed by atoms with E-state index in [2.05, 4.69) is 0 Å². The van der Waals surface area contributed by atoms with E-state index < -0.39 is 35.2 Å². The molecule has 3 aromatic rings. The maximum Gasteiger partial charge on any atom is 0.416 e. The number of halogens is 5. The van der Waals surface area contributed by atoms with Crippen molar-refractivity contribution < 1.29 is 32.6 Å². The van der Waals surface area contributed by atoms with E-state index in [1.807, 2.05) is 0 Å². The Hall–Kier alpha value is -3.49. The van der Waals surface area contributed by atoms with Gasteiger partial charge in [0.15, 0.2) is 5.75 Å². The summed E-state index contributed by atoms with van der Waals surface area (Å²) < 4.78 is 44.8. The van der Waals surface area contributed by atoms with Crippen LogP contribution in [0.2, 0.25) is 10.0 Å². The lowest BCUT2D eigenvalue weighted by Gasteiger charge is -2.25. The van der Waals surface area contributed by atoms with Crippen molar-refractivity contribution in [1.82, 2.24) is 4.90 Å². The van der Waals surface area contributed by atoms with Crippen LogP contribution >= 0.6 is 23.2 Å². The summed E-state index contributed by atoms with van der Waals surface area (Å²) in [7, 11) is 1.36. The highest BCUT2D eigenvalue weighted by atomic mass is 35.5. The number of Topliss-reactive ketones (excluding diaryl/α,β-unsaturated/α-hetero) is 1. The summed E-state index contributed by atoms with van der Waals surface area (Å²) >= 11 is 12.4. The molecule has 10 heteroatoms. The molecule has 186 valence electrons. The molecule has 1 N–H and O–H groups in total. The molecule has 1 atom stereocenters. The third-order valence-electron chi connectivity index (χ3n) is 5.74. The molecule has 1 unspecified atom stereocenters. The quantitative estimate of drug-likeness (QED) is 0.226. The van der Waals surface area contributed by atoms with Gasteiger partial charge in [-0.3, -0.25) is 9.59 Å². The number of methoxy groups -OCH3 is 1. The van der Waals surface area contributed by atoms with Gasteiger partial charge in [0, 0.05) is 12.1 Å². The van der Waals surface area contributed by atoms with E-state index in [1.54, 1.807) is 30.3 Å². The molecule has 0 spiro atoms. The molecule has 4 rings (SSSR count). The number of hydrogen-bond acceptors (Lipinski definition) is 4. The number of hydrogen-bond donors (Lipinski definition) is 1. The molecule has 0 bridgehead atoms. The summed E-state index contributed by atoms with van der Waals surface area (Å²) in [5.41, 5.74) is -0.395. The van der Waals surface area contributed by atoms with E-state index in [1.165, 1.54) is 31.4 Å². The number of carbonyl (C=O) groups is 2. The normalized spacial score (nSPS) is 17.5. The van der Waals surface area contributed by atoms with Gasteiger partial charge in [-0.25, -0.2) is 0 Å². The van der Waals surface area contributed by atoms with Crippen LogP contribution in [0.15, 0.2) is 72.3 Å². The number of rotatable bonds is 5. The topological polar surface area (TPSA) is 66.8 Å². The Morgan fingerprint density at radius 3 is 2.22 bits per heavy atom. The smallest absolute Gasteiger partial charge is 0.416 e. The minimum absolute atomic E-state index is 0.0704. The lowest BCUT2D eigenvalue weighted by atomic mass is 9.95. The van der Waals surface area contributed by atoms with E-state index in [0.717, 1.165) is 17.0 Å². The van der Waals surface area contributed by atoms with Crippen molar-refractivity contribution in [2.45, 2.75) is 18.8 Å². The van der Waals surface area contributed by atoms with Gasteiger partial charge in [-0.1, -0.05) is 65.7 Å². The molecule has 1 aliphatic heterocycles. The average Bonchev–Trinajstić information content (AvgIpc) is 3.08. The fourth-order valence-electron chi connectivity index (χ4n) is 4.11. The second kappa shape index (κ2) is 9.87. The number of likely N-dealkylation sites (tertiary alicyclic amines) is 1. The van der Waals surface area contributed by atoms with Crippen LogP contribution in [-0.2, 0) is 22.3 Å². The van der Waals surface area contributed by atoms with E-state index >= 15 is 0 Å². The van der Waals surface area contributed by atoms with Crippen LogP contribution in [-0.4, -0.2) is 28.8 Å². The Balaban J connectivity index is 1.85. The van der Waals surface area contributed by atoms with E-state index in [4.69, 9.17) is 27.9 Å². The first-order chi connectivity index (χ1) is 17.0. The highest BCUT2D eigenvalue weighted by molar-refractivity contribution is 6.46. The molecule has 1 fully saturated rings. The summed E-state index contributed by atoms with van der Waals surface area (Å²) in [6.07, 6.45) is -4.57. The van der Waals surface area contributed by atoms with Crippen molar-refractivity contribution in [3.05, 3.63) is 105 Å². The zero-order chi connectivity index (χ0) is 26.2. The molecular formula is C26H18Cl2F3NO4. The molecule has 1 aliphatic rings. The van der Waals surface area contributed by atoms with Gasteiger partial charge in [-0.05, 0) is 35.4 Å². The van der Waals surface area contributed by atoms with Gasteiger partial charge >= 0.3 is 6.18 Å². The van der Waals surface area contributed by atoms with Crippen LogP contribution in [0.1, 0.15) is 28.3 Å². The van der Waals surface area contributed by atoms with Crippen molar-refractivity contribution in [1.29, 1.82) is 0 Å². The third-order valence-corrected chi connectivity index (χ3v) is 6.30. The van der Waals surface area contributed by atoms with Gasteiger partial charge in [-0.15, -0.1) is 0 Å². The second-order valence-electron chi connectivity index (χ2n) is 8.01. The molecule has 0 aliphatic carbocycles. The first-order valence-electron chi connectivity index (χ1n) is 10.6. The van der Waals surface area contributed by atoms with E-state index in [-0.39, 0.29) is 39.0 Å². The largest absolute Gasteiger partial charge is 0.507 e. The predicted octanol–water partition coefficient (Wildman–Crippen LogP) is 6.64. The van der Waals surface area contributed by atoms with E-state index in [9.17, 15) is 27.9 Å². The van der Waals surface area contributed by atoms with Gasteiger partial charge in [0.2, 0.25) is 0 Å². The van der Waals surface area contributed by atoms with Crippen LogP contribution in [0.25, 0.3) is 5.76 Å². The van der Waals surface area contributed by atoms with Crippen LogP contribution in [0.3, 0.4) is 0 Å². The zero-order valence-corrected chi connectivity index (χ0v) is 20.2. The Bertz CT molecular complexity index is 1350. The minimum Gasteiger partial charge on any atom is -0.507 e. The lowest BCUT2D eigenvalue weighted by Crippen LogP contribution is -2.29. The third kappa shape index (κ3) is 4.79. The molecule has 3 aromatic carbocycles. The fourth-order valence-corrected chi connectivity index (χ4v) is 4.76. The van der Waals surface area contributed by atoms with E-state index in [0.29, 0.717) is 5.56 Å². The van der Waals surface area contributed by atoms with Crippen LogP contribution in [0.5, 0.6) is 5.75 Å². The number of carbonyl (C=O) groups excluding carboxylic acids is 2. The lowest BCUT2D eigenvalue weighted by molar-refractivity contribution is -0.140. The Labute approximate surface area is 214 Å². The molecule has 0 saturated carbocycles. The Kier molecular flexibility index (Phi) is 7.02. The second-order valence-corrected chi connectivity index (χ2v) is 8.82. The first-order valence-corrected chi connectivity index (χ1v) is 11.3. The maximum absolute atomic E-state index is 13.2. The average molecular weight is 536 g/mol. The molecule has 36 heavy (non-hydrogen) atoms.